The molecule has 1 aromatic rings. The van der Waals surface area contributed by atoms with Crippen LogP contribution in [-0.2, 0) is 9.59 Å². The molecule has 0 radical (unpaired) electrons. The van der Waals surface area contributed by atoms with Crippen molar-refractivity contribution in [2.75, 3.05) is 31.1 Å². The van der Waals surface area contributed by atoms with Crippen LogP contribution in [0.25, 0.3) is 0 Å². The quantitative estimate of drug-likeness (QED) is 0.844. The van der Waals surface area contributed by atoms with Crippen molar-refractivity contribution in [3.8, 4) is 0 Å². The van der Waals surface area contributed by atoms with Crippen LogP contribution in [0.2, 0.25) is 0 Å². The minimum Gasteiger partial charge on any atom is -0.481 e. The van der Waals surface area contributed by atoms with E-state index < -0.39 is 17.4 Å². The first-order chi connectivity index (χ1) is 13.0. The summed E-state index contributed by atoms with van der Waals surface area (Å²) in [5, 5.41) is 12.4. The van der Waals surface area contributed by atoms with Gasteiger partial charge in [0.05, 0.1) is 17.1 Å². The second kappa shape index (κ2) is 7.11. The Morgan fingerprint density at radius 3 is 2.44 bits per heavy atom. The minimum absolute atomic E-state index is 0.0936. The number of nitrogens with one attached hydrogen (secondary N) is 1. The van der Waals surface area contributed by atoms with Crippen LogP contribution in [0, 0.1) is 11.7 Å². The number of nitrogens with zero attached hydrogens (tertiary/aromatic N) is 2. The lowest BCUT2D eigenvalue weighted by atomic mass is 9.77. The maximum atomic E-state index is 14.0. The van der Waals surface area contributed by atoms with Crippen LogP contribution in [0.15, 0.2) is 24.3 Å². The first-order valence-electron chi connectivity index (χ1n) is 9.76. The summed E-state index contributed by atoms with van der Waals surface area (Å²) in [4.78, 5) is 27.9. The summed E-state index contributed by atoms with van der Waals surface area (Å²) in [7, 11) is 0. The van der Waals surface area contributed by atoms with Gasteiger partial charge in [-0.1, -0.05) is 12.1 Å². The van der Waals surface area contributed by atoms with Crippen LogP contribution in [0.4, 0.5) is 10.1 Å². The predicted molar refractivity (Wildman–Crippen MR) is 99.1 cm³/mol. The molecule has 3 fully saturated rings. The number of carboxylic acids is 1. The lowest BCUT2D eigenvalue weighted by Crippen LogP contribution is -2.58. The number of aliphatic carboxylic acids is 1. The number of hydrogen-bond donors (Lipinski definition) is 2. The molecule has 1 amide bonds. The van der Waals surface area contributed by atoms with Crippen LogP contribution in [0.3, 0.4) is 0 Å². The minimum atomic E-state index is -0.875. The summed E-state index contributed by atoms with van der Waals surface area (Å²) < 4.78 is 14.0. The Hall–Kier alpha value is -2.15. The zero-order valence-corrected chi connectivity index (χ0v) is 15.4. The maximum absolute atomic E-state index is 14.0. The Labute approximate surface area is 158 Å². The van der Waals surface area contributed by atoms with Crippen LogP contribution in [-0.4, -0.2) is 59.6 Å². The summed E-state index contributed by atoms with van der Waals surface area (Å²) in [6, 6.07) is 7.34. The molecular weight excluding hydrogens is 349 g/mol. The summed E-state index contributed by atoms with van der Waals surface area (Å²) in [5.41, 5.74) is 0.0966. The average Bonchev–Trinajstić information content (AvgIpc) is 2.99. The Bertz CT molecular complexity index is 725. The molecule has 0 saturated carbocycles. The van der Waals surface area contributed by atoms with E-state index in [2.05, 4.69) is 15.1 Å². The van der Waals surface area contributed by atoms with E-state index >= 15 is 0 Å². The van der Waals surface area contributed by atoms with Gasteiger partial charge in [-0.25, -0.2) is 4.39 Å². The van der Waals surface area contributed by atoms with Crippen LogP contribution >= 0.6 is 0 Å². The highest BCUT2D eigenvalue weighted by Gasteiger charge is 2.52. The molecule has 3 aliphatic heterocycles. The van der Waals surface area contributed by atoms with E-state index in [4.69, 9.17) is 0 Å². The molecule has 146 valence electrons. The molecule has 3 saturated heterocycles. The highest BCUT2D eigenvalue weighted by molar-refractivity contribution is 5.88. The van der Waals surface area contributed by atoms with Gasteiger partial charge < -0.3 is 20.2 Å². The van der Waals surface area contributed by atoms with Crippen molar-refractivity contribution in [2.24, 2.45) is 5.92 Å². The van der Waals surface area contributed by atoms with Gasteiger partial charge in [-0.2, -0.15) is 0 Å². The summed E-state index contributed by atoms with van der Waals surface area (Å²) >= 11 is 0. The molecule has 3 heterocycles. The van der Waals surface area contributed by atoms with Gasteiger partial charge in [0.25, 0.3) is 0 Å². The summed E-state index contributed by atoms with van der Waals surface area (Å²) in [6.07, 6.45) is 3.40. The molecule has 0 unspecified atom stereocenters. The van der Waals surface area contributed by atoms with Crippen LogP contribution in [0.1, 0.15) is 32.1 Å². The molecule has 3 aliphatic rings. The van der Waals surface area contributed by atoms with Crippen molar-refractivity contribution in [3.05, 3.63) is 30.1 Å². The number of carbonyl (C=O) groups is 2. The number of anilines is 1. The van der Waals surface area contributed by atoms with E-state index in [-0.39, 0.29) is 18.1 Å². The monoisotopic (exact) mass is 375 g/mol. The first-order valence-corrected chi connectivity index (χ1v) is 9.76. The first kappa shape index (κ1) is 18.2. The van der Waals surface area contributed by atoms with E-state index in [0.717, 1.165) is 39.0 Å². The highest BCUT2D eigenvalue weighted by atomic mass is 19.1. The third kappa shape index (κ3) is 3.40. The van der Waals surface area contributed by atoms with E-state index in [1.807, 2.05) is 12.1 Å². The third-order valence-electron chi connectivity index (χ3n) is 6.61. The largest absolute Gasteiger partial charge is 0.481 e. The number of halogens is 1. The van der Waals surface area contributed by atoms with Gasteiger partial charge in [-0.05, 0) is 37.8 Å². The van der Waals surface area contributed by atoms with Crippen molar-refractivity contribution in [2.45, 2.75) is 43.7 Å². The number of likely N-dealkylation sites (tertiary alicyclic amines) is 1. The fraction of sp³-hybridized carbons (Fsp3) is 0.600. The smallest absolute Gasteiger partial charge is 0.309 e. The zero-order valence-electron chi connectivity index (χ0n) is 15.4. The average molecular weight is 375 g/mol. The fourth-order valence-electron chi connectivity index (χ4n) is 5.06. The Balaban J connectivity index is 1.34. The van der Waals surface area contributed by atoms with Gasteiger partial charge in [0, 0.05) is 38.6 Å². The summed E-state index contributed by atoms with van der Waals surface area (Å²) in [5.74, 6) is -1.81. The maximum Gasteiger partial charge on any atom is 0.309 e. The second-order valence-electron chi connectivity index (χ2n) is 8.00. The van der Waals surface area contributed by atoms with Crippen molar-refractivity contribution in [3.63, 3.8) is 0 Å². The van der Waals surface area contributed by atoms with Crippen molar-refractivity contribution < 1.29 is 19.1 Å². The van der Waals surface area contributed by atoms with E-state index in [1.54, 1.807) is 6.07 Å². The number of carbonyl (C=O) groups excluding carboxylic acids is 1. The lowest BCUT2D eigenvalue weighted by Gasteiger charge is -2.46. The molecular formula is C20H26FN3O3. The zero-order chi connectivity index (χ0) is 19.0. The van der Waals surface area contributed by atoms with Crippen LogP contribution in [0.5, 0.6) is 0 Å². The molecule has 0 aliphatic carbocycles. The van der Waals surface area contributed by atoms with Gasteiger partial charge >= 0.3 is 5.97 Å². The molecule has 27 heavy (non-hydrogen) atoms. The molecule has 1 aromatic carbocycles. The lowest BCUT2D eigenvalue weighted by molar-refractivity contribution is -0.144. The normalized spacial score (nSPS) is 26.3. The van der Waals surface area contributed by atoms with Crippen molar-refractivity contribution in [1.82, 2.24) is 10.2 Å². The molecule has 7 heteroatoms. The SMILES string of the molecule is O=C1C[C@@H](C(=O)O)C2(CCN(C3CCN(c4ccccc4F)CC3)CC2)N1. The molecule has 0 aromatic heterocycles. The highest BCUT2D eigenvalue weighted by Crippen LogP contribution is 2.38. The van der Waals surface area contributed by atoms with E-state index in [9.17, 15) is 19.1 Å². The number of amides is 1. The summed E-state index contributed by atoms with van der Waals surface area (Å²) in [6.45, 7) is 3.24. The standard InChI is InChI=1S/C20H26FN3O3/c21-16-3-1-2-4-17(16)24-9-5-14(6-10-24)23-11-7-20(8-12-23)15(19(26)27)13-18(25)22-20/h1-4,14-15H,5-13H2,(H,22,25)(H,26,27)/t15-/m0/s1. The Morgan fingerprint density at radius 1 is 1.15 bits per heavy atom. The number of para-hydroxylation sites is 1. The number of carboxylic acid groups (broad SMARTS) is 1. The van der Waals surface area contributed by atoms with E-state index in [0.29, 0.717) is 24.6 Å². The van der Waals surface area contributed by atoms with Crippen molar-refractivity contribution >= 4 is 17.6 Å². The van der Waals surface area contributed by atoms with Gasteiger partial charge in [-0.15, -0.1) is 0 Å². The number of rotatable bonds is 3. The number of benzene rings is 1. The number of piperidine rings is 2. The second-order valence-corrected chi connectivity index (χ2v) is 8.00. The molecule has 2 N–H and O–H groups in total. The molecule has 1 spiro atoms. The predicted octanol–water partition coefficient (Wildman–Crippen LogP) is 1.85. The molecule has 0 bridgehead atoms. The fourth-order valence-corrected chi connectivity index (χ4v) is 5.06. The molecule has 4 rings (SSSR count). The van der Waals surface area contributed by atoms with Crippen LogP contribution < -0.4 is 10.2 Å². The van der Waals surface area contributed by atoms with E-state index in [1.165, 1.54) is 6.07 Å². The molecule has 1 atom stereocenters. The number of hydrogen-bond acceptors (Lipinski definition) is 4. The van der Waals surface area contributed by atoms with Gasteiger partial charge in [0.15, 0.2) is 0 Å². The van der Waals surface area contributed by atoms with Gasteiger partial charge in [-0.3, -0.25) is 9.59 Å². The topological polar surface area (TPSA) is 72.9 Å². The van der Waals surface area contributed by atoms with Gasteiger partial charge in [0.2, 0.25) is 5.91 Å². The van der Waals surface area contributed by atoms with Crippen molar-refractivity contribution in [1.29, 1.82) is 0 Å². The van der Waals surface area contributed by atoms with Gasteiger partial charge in [0.1, 0.15) is 5.82 Å². The third-order valence-corrected chi connectivity index (χ3v) is 6.61. The Morgan fingerprint density at radius 2 is 1.81 bits per heavy atom. The molecule has 6 nitrogen and oxygen atoms in total. The Kier molecular flexibility index (Phi) is 4.80.